The maximum atomic E-state index is 12.1. The van der Waals surface area contributed by atoms with Crippen LogP contribution in [0.5, 0.6) is 0 Å². The number of benzene rings is 1. The van der Waals surface area contributed by atoms with Crippen LogP contribution in [-0.2, 0) is 9.84 Å². The van der Waals surface area contributed by atoms with E-state index in [0.717, 1.165) is 0 Å². The van der Waals surface area contributed by atoms with E-state index in [0.29, 0.717) is 10.6 Å². The molecule has 1 N–H and O–H groups in total. The van der Waals surface area contributed by atoms with Crippen LogP contribution < -0.4 is 0 Å². The van der Waals surface area contributed by atoms with Gasteiger partial charge in [-0.2, -0.15) is 0 Å². The van der Waals surface area contributed by atoms with Gasteiger partial charge in [-0.15, -0.1) is 0 Å². The number of hydrogen-bond acceptors (Lipinski definition) is 3. The van der Waals surface area contributed by atoms with Crippen LogP contribution in [0.15, 0.2) is 28.0 Å². The molecule has 2 rings (SSSR count). The molecule has 86 valence electrons. The third kappa shape index (κ3) is 1.67. The molecule has 0 saturated heterocycles. The van der Waals surface area contributed by atoms with E-state index in [1.807, 2.05) is 0 Å². The first-order valence-electron chi connectivity index (χ1n) is 4.84. The van der Waals surface area contributed by atoms with Crippen LogP contribution in [0.4, 0.5) is 0 Å². The smallest absolute Gasteiger partial charge is 0.203 e. The number of aliphatic hydroxyl groups is 1. The first kappa shape index (κ1) is 11.6. The average molecular weight is 259 g/mol. The second kappa shape index (κ2) is 3.87. The Balaban J connectivity index is 2.61. The van der Waals surface area contributed by atoms with E-state index < -0.39 is 15.8 Å². The molecular weight excluding hydrogens is 248 g/mol. The Morgan fingerprint density at radius 3 is 2.75 bits per heavy atom. The number of sulfone groups is 1. The van der Waals surface area contributed by atoms with E-state index in [4.69, 9.17) is 16.7 Å². The third-order valence-corrected chi connectivity index (χ3v) is 4.96. The van der Waals surface area contributed by atoms with Gasteiger partial charge in [0.1, 0.15) is 0 Å². The SMILES string of the molecule is CC(CO)C1=Cc2cc(Cl)ccc2S1(=O)=O. The molecule has 1 aromatic rings. The summed E-state index contributed by atoms with van der Waals surface area (Å²) in [5.74, 6) is -0.392. The van der Waals surface area contributed by atoms with Gasteiger partial charge >= 0.3 is 0 Å². The third-order valence-electron chi connectivity index (χ3n) is 2.63. The number of hydrogen-bond donors (Lipinski definition) is 1. The van der Waals surface area contributed by atoms with Gasteiger partial charge in [-0.05, 0) is 29.8 Å². The van der Waals surface area contributed by atoms with Crippen LogP contribution in [0.2, 0.25) is 5.02 Å². The van der Waals surface area contributed by atoms with E-state index in [2.05, 4.69) is 0 Å². The van der Waals surface area contributed by atoms with Gasteiger partial charge in [-0.1, -0.05) is 18.5 Å². The lowest BCUT2D eigenvalue weighted by molar-refractivity contribution is 0.260. The molecular formula is C11H11ClO3S. The molecule has 0 aliphatic carbocycles. The maximum absolute atomic E-state index is 12.1. The minimum absolute atomic E-state index is 0.188. The van der Waals surface area contributed by atoms with Crippen molar-refractivity contribution in [2.45, 2.75) is 11.8 Å². The zero-order valence-corrected chi connectivity index (χ0v) is 10.2. The summed E-state index contributed by atoms with van der Waals surface area (Å²) in [5, 5.41) is 9.53. The van der Waals surface area contributed by atoms with Crippen LogP contribution in [0.3, 0.4) is 0 Å². The molecule has 1 aliphatic heterocycles. The fourth-order valence-corrected chi connectivity index (χ4v) is 3.73. The van der Waals surface area contributed by atoms with Crippen LogP contribution >= 0.6 is 11.6 Å². The second-order valence-corrected chi connectivity index (χ2v) is 6.17. The van der Waals surface area contributed by atoms with Gasteiger partial charge in [0.05, 0.1) is 16.4 Å². The summed E-state index contributed by atoms with van der Waals surface area (Å²) in [5.41, 5.74) is 0.600. The van der Waals surface area contributed by atoms with E-state index in [1.54, 1.807) is 25.1 Å². The van der Waals surface area contributed by atoms with Gasteiger partial charge in [-0.25, -0.2) is 8.42 Å². The summed E-state index contributed by atoms with van der Waals surface area (Å²) in [7, 11) is -3.43. The number of aliphatic hydroxyl groups excluding tert-OH is 1. The highest BCUT2D eigenvalue weighted by atomic mass is 35.5. The molecule has 0 spiro atoms. The first-order chi connectivity index (χ1) is 7.46. The monoisotopic (exact) mass is 258 g/mol. The lowest BCUT2D eigenvalue weighted by Gasteiger charge is -2.08. The van der Waals surface area contributed by atoms with Gasteiger partial charge in [0.15, 0.2) is 0 Å². The molecule has 1 unspecified atom stereocenters. The first-order valence-corrected chi connectivity index (χ1v) is 6.70. The molecule has 1 atom stereocenters. The van der Waals surface area contributed by atoms with Gasteiger partial charge < -0.3 is 5.11 Å². The molecule has 5 heteroatoms. The summed E-state index contributed by atoms with van der Waals surface area (Å²) < 4.78 is 24.1. The lowest BCUT2D eigenvalue weighted by Crippen LogP contribution is -2.11. The van der Waals surface area contributed by atoms with Crippen molar-refractivity contribution in [1.29, 1.82) is 0 Å². The topological polar surface area (TPSA) is 54.4 Å². The van der Waals surface area contributed by atoms with Crippen molar-refractivity contribution in [2.75, 3.05) is 6.61 Å². The Morgan fingerprint density at radius 2 is 2.12 bits per heavy atom. The Morgan fingerprint density at radius 1 is 1.44 bits per heavy atom. The summed E-state index contributed by atoms with van der Waals surface area (Å²) >= 11 is 5.80. The highest BCUT2D eigenvalue weighted by molar-refractivity contribution is 7.95. The van der Waals surface area contributed by atoms with Crippen LogP contribution in [0, 0.1) is 5.92 Å². The fraction of sp³-hybridized carbons (Fsp3) is 0.273. The Kier molecular flexibility index (Phi) is 2.82. The molecule has 0 aromatic heterocycles. The summed E-state index contributed by atoms with van der Waals surface area (Å²) in [6.07, 6.45) is 1.58. The van der Waals surface area contributed by atoms with E-state index in [9.17, 15) is 8.42 Å². The highest BCUT2D eigenvalue weighted by Gasteiger charge is 2.32. The number of halogens is 1. The van der Waals surface area contributed by atoms with Gasteiger partial charge in [0.25, 0.3) is 0 Å². The van der Waals surface area contributed by atoms with Crippen molar-refractivity contribution in [3.8, 4) is 0 Å². The number of fused-ring (bicyclic) bond motifs is 1. The summed E-state index contributed by atoms with van der Waals surface area (Å²) in [6.45, 7) is 1.49. The second-order valence-electron chi connectivity index (χ2n) is 3.82. The van der Waals surface area contributed by atoms with Crippen molar-refractivity contribution in [3.05, 3.63) is 33.7 Å². The Labute approximate surface area is 99.3 Å². The van der Waals surface area contributed by atoms with Gasteiger partial charge in [0.2, 0.25) is 9.84 Å². The molecule has 0 radical (unpaired) electrons. The molecule has 1 aliphatic rings. The van der Waals surface area contributed by atoms with Crippen molar-refractivity contribution in [3.63, 3.8) is 0 Å². The number of rotatable bonds is 2. The molecule has 1 aromatic carbocycles. The highest BCUT2D eigenvalue weighted by Crippen LogP contribution is 2.37. The predicted molar refractivity (Wildman–Crippen MR) is 62.9 cm³/mol. The minimum Gasteiger partial charge on any atom is -0.396 e. The van der Waals surface area contributed by atoms with Crippen LogP contribution in [-0.4, -0.2) is 20.1 Å². The van der Waals surface area contributed by atoms with Crippen molar-refractivity contribution >= 4 is 27.5 Å². The maximum Gasteiger partial charge on any atom is 0.203 e. The Hall–Kier alpha value is -0.840. The largest absolute Gasteiger partial charge is 0.396 e. The van der Waals surface area contributed by atoms with E-state index >= 15 is 0 Å². The molecule has 0 amide bonds. The van der Waals surface area contributed by atoms with Crippen molar-refractivity contribution < 1.29 is 13.5 Å². The lowest BCUT2D eigenvalue weighted by atomic mass is 10.1. The Bertz CT molecular complexity index is 561. The van der Waals surface area contributed by atoms with E-state index in [1.165, 1.54) is 6.07 Å². The fourth-order valence-electron chi connectivity index (χ4n) is 1.73. The molecule has 0 bridgehead atoms. The normalized spacial score (nSPS) is 19.1. The summed E-state index contributed by atoms with van der Waals surface area (Å²) in [6, 6.07) is 4.67. The molecule has 1 heterocycles. The van der Waals surface area contributed by atoms with Gasteiger partial charge in [0, 0.05) is 10.9 Å². The average Bonchev–Trinajstić information content (AvgIpc) is 2.49. The summed E-state index contributed by atoms with van der Waals surface area (Å²) in [4.78, 5) is 0.527. The minimum atomic E-state index is -3.43. The zero-order chi connectivity index (χ0) is 11.9. The van der Waals surface area contributed by atoms with Gasteiger partial charge in [-0.3, -0.25) is 0 Å². The molecule has 0 saturated carbocycles. The zero-order valence-electron chi connectivity index (χ0n) is 8.64. The van der Waals surface area contributed by atoms with Crippen LogP contribution in [0.1, 0.15) is 12.5 Å². The van der Waals surface area contributed by atoms with E-state index in [-0.39, 0.29) is 16.4 Å². The quantitative estimate of drug-likeness (QED) is 0.884. The van der Waals surface area contributed by atoms with Crippen molar-refractivity contribution in [1.82, 2.24) is 0 Å². The molecule has 3 nitrogen and oxygen atoms in total. The van der Waals surface area contributed by atoms with Crippen LogP contribution in [0.25, 0.3) is 6.08 Å². The van der Waals surface area contributed by atoms with Crippen molar-refractivity contribution in [2.24, 2.45) is 5.92 Å². The predicted octanol–water partition coefficient (Wildman–Crippen LogP) is 2.10. The standard InChI is InChI=1S/C11H11ClO3S/c1-7(6-13)11-5-8-4-9(12)2-3-10(8)16(11,14)15/h2-5,7,13H,6H2,1H3. The molecule has 0 fully saturated rings. The molecule has 16 heavy (non-hydrogen) atoms.